The molecule has 4 rings (SSSR count). The summed E-state index contributed by atoms with van der Waals surface area (Å²) in [6, 6.07) is 0. The minimum absolute atomic E-state index is 0.263. The predicted molar refractivity (Wildman–Crippen MR) is 104 cm³/mol. The van der Waals surface area contributed by atoms with Crippen LogP contribution in [0.1, 0.15) is 32.6 Å². The van der Waals surface area contributed by atoms with Crippen molar-refractivity contribution in [2.45, 2.75) is 44.2 Å². The zero-order valence-electron chi connectivity index (χ0n) is 15.5. The number of fused-ring (bicyclic) bond motifs is 1. The second-order valence-electron chi connectivity index (χ2n) is 7.06. The van der Waals surface area contributed by atoms with Crippen molar-refractivity contribution in [2.24, 2.45) is 0 Å². The lowest BCUT2D eigenvalue weighted by Crippen LogP contribution is -2.51. The number of esters is 1. The number of ether oxygens (including phenoxy) is 1. The zero-order chi connectivity index (χ0) is 18.9. The number of hydrogen-bond donors (Lipinski definition) is 1. The number of imidazole rings is 1. The Bertz CT molecular complexity index is 820. The van der Waals surface area contributed by atoms with E-state index in [1.165, 1.54) is 30.9 Å². The van der Waals surface area contributed by atoms with Crippen LogP contribution in [0.5, 0.6) is 0 Å². The van der Waals surface area contributed by atoms with Gasteiger partial charge in [-0.1, -0.05) is 12.8 Å². The third-order valence-electron chi connectivity index (χ3n) is 5.43. The van der Waals surface area contributed by atoms with Gasteiger partial charge in [-0.05, 0) is 19.8 Å². The lowest BCUT2D eigenvalue weighted by atomic mass is 9.95. The number of nitrogens with zero attached hydrogens (tertiary/aromatic N) is 5. The van der Waals surface area contributed by atoms with Crippen LogP contribution in [0.25, 0.3) is 11.2 Å². The van der Waals surface area contributed by atoms with Gasteiger partial charge < -0.3 is 14.7 Å². The van der Waals surface area contributed by atoms with E-state index in [-0.39, 0.29) is 6.61 Å². The molecule has 0 saturated carbocycles. The van der Waals surface area contributed by atoms with E-state index in [1.807, 2.05) is 0 Å². The first-order valence-corrected chi connectivity index (χ1v) is 10.7. The Morgan fingerprint density at radius 3 is 2.74 bits per heavy atom. The number of anilines is 1. The largest absolute Gasteiger partial charge is 0.464 e. The molecule has 2 fully saturated rings. The van der Waals surface area contributed by atoms with Crippen molar-refractivity contribution in [3.05, 3.63) is 12.7 Å². The molecule has 4 heterocycles. The maximum atomic E-state index is 12.9. The van der Waals surface area contributed by atoms with Gasteiger partial charge in [0.05, 0.1) is 19.0 Å². The fourth-order valence-corrected chi connectivity index (χ4v) is 5.35. The third kappa shape index (κ3) is 3.06. The normalized spacial score (nSPS) is 26.3. The quantitative estimate of drug-likeness (QED) is 0.785. The smallest absolute Gasteiger partial charge is 0.336 e. The standard InChI is InChI=1S/C18H25N5O3S/c1-2-26-17(25)18(10-27-9-13(18)24)23-12-21-14-15(19-11-20-16(14)23)22-7-5-3-4-6-8-22/h11-13,24H,2-10H2,1H3. The van der Waals surface area contributed by atoms with E-state index >= 15 is 0 Å². The van der Waals surface area contributed by atoms with E-state index in [9.17, 15) is 9.90 Å². The Kier molecular flexibility index (Phi) is 5.23. The summed E-state index contributed by atoms with van der Waals surface area (Å²) in [5.41, 5.74) is 0.0471. The summed E-state index contributed by atoms with van der Waals surface area (Å²) in [6.45, 7) is 3.92. The van der Waals surface area contributed by atoms with Crippen LogP contribution in [-0.2, 0) is 15.1 Å². The minimum atomic E-state index is -1.19. The van der Waals surface area contributed by atoms with Crippen LogP contribution in [0.15, 0.2) is 12.7 Å². The summed E-state index contributed by atoms with van der Waals surface area (Å²) in [6.07, 6.45) is 7.00. The Morgan fingerprint density at radius 2 is 2.07 bits per heavy atom. The molecular formula is C18H25N5O3S. The lowest BCUT2D eigenvalue weighted by Gasteiger charge is -2.31. The third-order valence-corrected chi connectivity index (χ3v) is 6.62. The monoisotopic (exact) mass is 391 g/mol. The number of rotatable bonds is 4. The van der Waals surface area contributed by atoms with Crippen LogP contribution < -0.4 is 4.90 Å². The maximum Gasteiger partial charge on any atom is 0.336 e. The molecule has 0 amide bonds. The highest BCUT2D eigenvalue weighted by Gasteiger charge is 2.53. The summed E-state index contributed by atoms with van der Waals surface area (Å²) in [7, 11) is 0. The van der Waals surface area contributed by atoms with Crippen LogP contribution in [0, 0.1) is 0 Å². The van der Waals surface area contributed by atoms with Crippen molar-refractivity contribution >= 4 is 34.7 Å². The molecule has 2 aliphatic rings. The van der Waals surface area contributed by atoms with Gasteiger partial charge in [0.2, 0.25) is 0 Å². The molecular weight excluding hydrogens is 366 g/mol. The lowest BCUT2D eigenvalue weighted by molar-refractivity contribution is -0.157. The maximum absolute atomic E-state index is 12.9. The molecule has 2 saturated heterocycles. The van der Waals surface area contributed by atoms with Gasteiger partial charge in [-0.3, -0.25) is 4.57 Å². The molecule has 2 unspecified atom stereocenters. The van der Waals surface area contributed by atoms with Crippen molar-refractivity contribution < 1.29 is 14.6 Å². The highest BCUT2D eigenvalue weighted by Crippen LogP contribution is 2.39. The molecule has 0 aliphatic carbocycles. The van der Waals surface area contributed by atoms with Gasteiger partial charge in [0, 0.05) is 24.6 Å². The SMILES string of the molecule is CCOC(=O)C1(n2cnc3c(N4CCCCCC4)ncnc32)CSCC1O. The predicted octanol–water partition coefficient (Wildman–Crippen LogP) is 1.57. The minimum Gasteiger partial charge on any atom is -0.464 e. The molecule has 2 aliphatic heterocycles. The number of carbonyl (C=O) groups excluding carboxylic acids is 1. The van der Waals surface area contributed by atoms with Gasteiger partial charge in [0.1, 0.15) is 6.33 Å². The first-order chi connectivity index (χ1) is 13.2. The average molecular weight is 391 g/mol. The van der Waals surface area contributed by atoms with Gasteiger partial charge in [-0.25, -0.2) is 19.7 Å². The van der Waals surface area contributed by atoms with Gasteiger partial charge in [-0.2, -0.15) is 11.8 Å². The molecule has 0 radical (unpaired) electrons. The second kappa shape index (κ2) is 7.63. The molecule has 2 aromatic rings. The Hall–Kier alpha value is -1.87. The van der Waals surface area contributed by atoms with Crippen LogP contribution in [0.2, 0.25) is 0 Å². The number of hydrogen-bond acceptors (Lipinski definition) is 8. The fourth-order valence-electron chi connectivity index (χ4n) is 3.97. The zero-order valence-corrected chi connectivity index (χ0v) is 16.3. The van der Waals surface area contributed by atoms with E-state index in [2.05, 4.69) is 19.9 Å². The first-order valence-electron chi connectivity index (χ1n) is 9.55. The molecule has 27 heavy (non-hydrogen) atoms. The topological polar surface area (TPSA) is 93.4 Å². The van der Waals surface area contributed by atoms with Crippen molar-refractivity contribution in [1.82, 2.24) is 19.5 Å². The second-order valence-corrected chi connectivity index (χ2v) is 8.09. The average Bonchev–Trinajstić information content (AvgIpc) is 3.16. The van der Waals surface area contributed by atoms with E-state index in [1.54, 1.807) is 17.8 Å². The van der Waals surface area contributed by atoms with Gasteiger partial charge >= 0.3 is 5.97 Å². The first kappa shape index (κ1) is 18.5. The van der Waals surface area contributed by atoms with Crippen molar-refractivity contribution in [2.75, 3.05) is 36.1 Å². The summed E-state index contributed by atoms with van der Waals surface area (Å²) >= 11 is 1.53. The van der Waals surface area contributed by atoms with Crippen LogP contribution in [0.3, 0.4) is 0 Å². The number of aliphatic hydroxyl groups is 1. The molecule has 0 bridgehead atoms. The summed E-state index contributed by atoms with van der Waals surface area (Å²) in [5, 5.41) is 10.7. The highest BCUT2D eigenvalue weighted by molar-refractivity contribution is 7.99. The number of thioether (sulfide) groups is 1. The molecule has 146 valence electrons. The summed E-state index contributed by atoms with van der Waals surface area (Å²) in [4.78, 5) is 28.6. The Balaban J connectivity index is 1.80. The summed E-state index contributed by atoms with van der Waals surface area (Å²) in [5.74, 6) is 1.28. The van der Waals surface area contributed by atoms with Crippen LogP contribution in [0.4, 0.5) is 5.82 Å². The molecule has 2 aromatic heterocycles. The highest BCUT2D eigenvalue weighted by atomic mass is 32.2. The number of aliphatic hydroxyl groups excluding tert-OH is 1. The number of carbonyl (C=O) groups is 1. The number of aromatic nitrogens is 4. The molecule has 9 heteroatoms. The fraction of sp³-hybridized carbons (Fsp3) is 0.667. The van der Waals surface area contributed by atoms with Crippen molar-refractivity contribution in [3.8, 4) is 0 Å². The molecule has 2 atom stereocenters. The van der Waals surface area contributed by atoms with Gasteiger partial charge in [0.15, 0.2) is 22.5 Å². The molecule has 0 aromatic carbocycles. The molecule has 0 spiro atoms. The Morgan fingerprint density at radius 1 is 1.30 bits per heavy atom. The van der Waals surface area contributed by atoms with E-state index in [0.717, 1.165) is 31.7 Å². The van der Waals surface area contributed by atoms with Crippen molar-refractivity contribution in [1.29, 1.82) is 0 Å². The molecule has 8 nitrogen and oxygen atoms in total. The van der Waals surface area contributed by atoms with Crippen LogP contribution >= 0.6 is 11.8 Å². The van der Waals surface area contributed by atoms with E-state index < -0.39 is 17.6 Å². The van der Waals surface area contributed by atoms with E-state index in [4.69, 9.17) is 4.74 Å². The molecule has 1 N–H and O–H groups in total. The van der Waals surface area contributed by atoms with Gasteiger partial charge in [-0.15, -0.1) is 0 Å². The van der Waals surface area contributed by atoms with E-state index in [0.29, 0.717) is 22.7 Å². The Labute approximate surface area is 162 Å². The van der Waals surface area contributed by atoms with Crippen molar-refractivity contribution in [3.63, 3.8) is 0 Å². The van der Waals surface area contributed by atoms with Crippen LogP contribution in [-0.4, -0.2) is 67.9 Å². The summed E-state index contributed by atoms with van der Waals surface area (Å²) < 4.78 is 7.02. The van der Waals surface area contributed by atoms with Gasteiger partial charge in [0.25, 0.3) is 0 Å².